The first kappa shape index (κ1) is 22.1. The first-order valence-corrected chi connectivity index (χ1v) is 11.7. The number of ether oxygens (including phenoxy) is 2. The Balaban J connectivity index is 1.31. The lowest BCUT2D eigenvalue weighted by atomic mass is 9.98. The van der Waals surface area contributed by atoms with Crippen LogP contribution in [0.4, 0.5) is 14.7 Å². The number of rotatable bonds is 6. The number of piperidine rings is 1. The molecule has 0 amide bonds. The Labute approximate surface area is 199 Å². The van der Waals surface area contributed by atoms with Crippen LogP contribution in [0.2, 0.25) is 0 Å². The number of aryl methyl sites for hydroxylation is 1. The topological polar surface area (TPSA) is 94.6 Å². The number of hydrogen-bond acceptors (Lipinski definition) is 8. The van der Waals surface area contributed by atoms with Crippen molar-refractivity contribution in [1.29, 1.82) is 0 Å². The van der Waals surface area contributed by atoms with Gasteiger partial charge >= 0.3 is 0 Å². The molecule has 2 fully saturated rings. The van der Waals surface area contributed by atoms with E-state index in [1.165, 1.54) is 7.11 Å². The molecule has 2 saturated heterocycles. The van der Waals surface area contributed by atoms with Crippen molar-refractivity contribution in [3.05, 3.63) is 30.5 Å². The summed E-state index contributed by atoms with van der Waals surface area (Å²) < 4.78 is 44.1. The molecule has 2 aliphatic heterocycles. The van der Waals surface area contributed by atoms with Gasteiger partial charge in [-0.25, -0.2) is 18.0 Å². The van der Waals surface area contributed by atoms with Crippen LogP contribution >= 0.6 is 0 Å². The molecule has 2 aliphatic rings. The minimum atomic E-state index is -2.92. The van der Waals surface area contributed by atoms with Gasteiger partial charge < -0.3 is 14.8 Å². The monoisotopic (exact) mass is 484 g/mol. The van der Waals surface area contributed by atoms with Gasteiger partial charge in [0.15, 0.2) is 0 Å². The lowest BCUT2D eigenvalue weighted by molar-refractivity contribution is -0.131. The van der Waals surface area contributed by atoms with Crippen molar-refractivity contribution in [3.63, 3.8) is 0 Å². The number of methoxy groups -OCH3 is 1. The molecule has 10 nitrogen and oxygen atoms in total. The van der Waals surface area contributed by atoms with Gasteiger partial charge in [0.2, 0.25) is 11.8 Å². The Morgan fingerprint density at radius 1 is 1.26 bits per heavy atom. The van der Waals surface area contributed by atoms with Crippen molar-refractivity contribution in [2.45, 2.75) is 37.9 Å². The van der Waals surface area contributed by atoms with Gasteiger partial charge in [-0.2, -0.15) is 4.98 Å². The summed E-state index contributed by atoms with van der Waals surface area (Å²) in [6, 6.07) is 6.81. The Bertz CT molecular complexity index is 1380. The standard InChI is InChI=1S/C23H26F2N8O2/c1-3-32-18-10-14(4-5-17(18)28-30-32)16-6-9-33-20(16)21(34-2)27-22(29-33)26-19-7-8-31(13-23(19,24)25)15-11-35-12-15/h4-6,9-10,15,19H,3,7-8,11-13H2,1-2H3,(H,26,29). The maximum Gasteiger partial charge on any atom is 0.280 e. The van der Waals surface area contributed by atoms with Crippen molar-refractivity contribution < 1.29 is 18.3 Å². The molecule has 0 saturated carbocycles. The number of fused-ring (bicyclic) bond motifs is 2. The lowest BCUT2D eigenvalue weighted by Crippen LogP contribution is -2.61. The Hall–Kier alpha value is -3.38. The first-order valence-electron chi connectivity index (χ1n) is 11.7. The van der Waals surface area contributed by atoms with Crippen molar-refractivity contribution in [3.8, 4) is 17.0 Å². The van der Waals surface area contributed by atoms with Crippen molar-refractivity contribution in [1.82, 2.24) is 34.5 Å². The van der Waals surface area contributed by atoms with E-state index < -0.39 is 12.0 Å². The van der Waals surface area contributed by atoms with E-state index in [1.54, 1.807) is 15.6 Å². The summed E-state index contributed by atoms with van der Waals surface area (Å²) in [5.41, 5.74) is 4.17. The molecule has 0 spiro atoms. The molecule has 1 aromatic carbocycles. The second-order valence-corrected chi connectivity index (χ2v) is 8.98. The van der Waals surface area contributed by atoms with Crippen LogP contribution in [-0.2, 0) is 11.3 Å². The van der Waals surface area contributed by atoms with Crippen LogP contribution in [0, 0.1) is 0 Å². The molecule has 6 rings (SSSR count). The number of halogens is 2. The molecule has 184 valence electrons. The summed E-state index contributed by atoms with van der Waals surface area (Å²) in [6.45, 7) is 4.01. The Kier molecular flexibility index (Phi) is 5.29. The number of nitrogens with zero attached hydrogens (tertiary/aromatic N) is 7. The van der Waals surface area contributed by atoms with Crippen LogP contribution in [0.25, 0.3) is 27.7 Å². The van der Waals surface area contributed by atoms with E-state index in [2.05, 4.69) is 25.7 Å². The largest absolute Gasteiger partial charge is 0.479 e. The van der Waals surface area contributed by atoms with Crippen molar-refractivity contribution in [2.75, 3.05) is 38.7 Å². The van der Waals surface area contributed by atoms with Crippen LogP contribution in [0.1, 0.15) is 13.3 Å². The van der Waals surface area contributed by atoms with Gasteiger partial charge in [0, 0.05) is 24.8 Å². The molecule has 3 aromatic heterocycles. The molecular weight excluding hydrogens is 458 g/mol. The first-order chi connectivity index (χ1) is 17.0. The molecule has 1 N–H and O–H groups in total. The Morgan fingerprint density at radius 3 is 2.83 bits per heavy atom. The highest BCUT2D eigenvalue weighted by Crippen LogP contribution is 2.35. The summed E-state index contributed by atoms with van der Waals surface area (Å²) in [5.74, 6) is -2.52. The molecule has 1 unspecified atom stereocenters. The molecular formula is C23H26F2N8O2. The zero-order chi connectivity index (χ0) is 24.2. The quantitative estimate of drug-likeness (QED) is 0.447. The number of anilines is 1. The average molecular weight is 485 g/mol. The van der Waals surface area contributed by atoms with Crippen LogP contribution in [0.5, 0.6) is 5.88 Å². The number of alkyl halides is 2. The number of aromatic nitrogens is 6. The third-order valence-corrected chi connectivity index (χ3v) is 6.87. The SMILES string of the molecule is CCn1nnc2ccc(-c3ccn4nc(NC5CCN(C6COC6)CC5(F)F)nc(OC)c34)cc21. The summed E-state index contributed by atoms with van der Waals surface area (Å²) >= 11 is 0. The van der Waals surface area contributed by atoms with Gasteiger partial charge in [-0.3, -0.25) is 4.90 Å². The van der Waals surface area contributed by atoms with Gasteiger partial charge in [-0.05, 0) is 37.1 Å². The third kappa shape index (κ3) is 3.76. The third-order valence-electron chi connectivity index (χ3n) is 6.87. The summed E-state index contributed by atoms with van der Waals surface area (Å²) in [5, 5.41) is 15.7. The van der Waals surface area contributed by atoms with Crippen LogP contribution < -0.4 is 10.1 Å². The van der Waals surface area contributed by atoms with Gasteiger partial charge in [-0.15, -0.1) is 10.2 Å². The summed E-state index contributed by atoms with van der Waals surface area (Å²) in [6.07, 6.45) is 2.06. The van der Waals surface area contributed by atoms with Gasteiger partial charge in [0.25, 0.3) is 5.92 Å². The van der Waals surface area contributed by atoms with E-state index >= 15 is 0 Å². The fraction of sp³-hybridized carbons (Fsp3) is 0.478. The summed E-state index contributed by atoms with van der Waals surface area (Å²) in [7, 11) is 1.51. The normalized spacial score (nSPS) is 20.9. The fourth-order valence-electron chi connectivity index (χ4n) is 4.84. The molecule has 0 aliphatic carbocycles. The average Bonchev–Trinajstić information content (AvgIpc) is 3.42. The second kappa shape index (κ2) is 8.38. The number of hydrogen-bond donors (Lipinski definition) is 1. The van der Waals surface area contributed by atoms with E-state index in [-0.39, 0.29) is 25.0 Å². The molecule has 0 bridgehead atoms. The highest BCUT2D eigenvalue weighted by Gasteiger charge is 2.47. The highest BCUT2D eigenvalue weighted by atomic mass is 19.3. The van der Waals surface area contributed by atoms with E-state index in [1.807, 2.05) is 35.9 Å². The van der Waals surface area contributed by atoms with Crippen LogP contribution in [0.15, 0.2) is 30.5 Å². The van der Waals surface area contributed by atoms with Gasteiger partial charge in [0.05, 0.1) is 44.5 Å². The van der Waals surface area contributed by atoms with E-state index in [4.69, 9.17) is 9.47 Å². The highest BCUT2D eigenvalue weighted by molar-refractivity contribution is 5.89. The second-order valence-electron chi connectivity index (χ2n) is 8.98. The molecule has 1 atom stereocenters. The Morgan fingerprint density at radius 2 is 2.11 bits per heavy atom. The van der Waals surface area contributed by atoms with Crippen LogP contribution in [0.3, 0.4) is 0 Å². The maximum atomic E-state index is 15.0. The van der Waals surface area contributed by atoms with Crippen molar-refractivity contribution >= 4 is 22.5 Å². The molecule has 35 heavy (non-hydrogen) atoms. The molecule has 4 aromatic rings. The minimum Gasteiger partial charge on any atom is -0.479 e. The smallest absolute Gasteiger partial charge is 0.280 e. The fourth-order valence-corrected chi connectivity index (χ4v) is 4.84. The minimum absolute atomic E-state index is 0.0822. The molecule has 5 heterocycles. The van der Waals surface area contributed by atoms with Crippen molar-refractivity contribution in [2.24, 2.45) is 0 Å². The predicted molar refractivity (Wildman–Crippen MR) is 125 cm³/mol. The summed E-state index contributed by atoms with van der Waals surface area (Å²) in [4.78, 5) is 6.25. The lowest BCUT2D eigenvalue weighted by Gasteiger charge is -2.44. The van der Waals surface area contributed by atoms with E-state index in [9.17, 15) is 8.78 Å². The predicted octanol–water partition coefficient (Wildman–Crippen LogP) is 2.69. The number of likely N-dealkylation sites (tertiary alicyclic amines) is 1. The van der Waals surface area contributed by atoms with E-state index in [0.29, 0.717) is 37.7 Å². The zero-order valence-corrected chi connectivity index (χ0v) is 19.5. The number of benzene rings is 1. The number of nitrogens with one attached hydrogen (secondary N) is 1. The molecule has 12 heteroatoms. The zero-order valence-electron chi connectivity index (χ0n) is 19.5. The maximum absolute atomic E-state index is 15.0. The van der Waals surface area contributed by atoms with Gasteiger partial charge in [-0.1, -0.05) is 11.3 Å². The van der Waals surface area contributed by atoms with Gasteiger partial charge in [0.1, 0.15) is 11.0 Å². The van der Waals surface area contributed by atoms with Crippen LogP contribution in [-0.4, -0.2) is 85.9 Å². The van der Waals surface area contributed by atoms with E-state index in [0.717, 1.165) is 22.2 Å². The molecule has 0 radical (unpaired) electrons.